The van der Waals surface area contributed by atoms with Crippen LogP contribution in [0.1, 0.15) is 29.2 Å². The number of hydrogen-bond acceptors (Lipinski definition) is 4. The van der Waals surface area contributed by atoms with Gasteiger partial charge in [-0.2, -0.15) is 0 Å². The Bertz CT molecular complexity index is 1990. The van der Waals surface area contributed by atoms with E-state index in [-0.39, 0.29) is 5.78 Å². The fourth-order valence-corrected chi connectivity index (χ4v) is 8.72. The van der Waals surface area contributed by atoms with E-state index in [0.29, 0.717) is 50.4 Å². The molecule has 0 spiro atoms. The highest BCUT2D eigenvalue weighted by Crippen LogP contribution is 2.74. The van der Waals surface area contributed by atoms with E-state index in [0.717, 1.165) is 11.1 Å². The summed E-state index contributed by atoms with van der Waals surface area (Å²) in [5, 5.41) is 0.995. The average Bonchev–Trinajstić information content (AvgIpc) is 3.62. The molecule has 2 aliphatic carbocycles. The Labute approximate surface area is 288 Å². The van der Waals surface area contributed by atoms with Crippen LogP contribution in [0.3, 0.4) is 0 Å². The molecule has 1 saturated heterocycles. The summed E-state index contributed by atoms with van der Waals surface area (Å²) in [6, 6.07) is 40.6. The summed E-state index contributed by atoms with van der Waals surface area (Å²) in [5.74, 6) is -2.50. The second-order valence-corrected chi connectivity index (χ2v) is 13.2. The topological polar surface area (TPSA) is 63.7 Å². The number of ether oxygens (including phenoxy) is 1. The molecule has 2 amide bonds. The number of hydrogen-bond donors (Lipinski definition) is 0. The van der Waals surface area contributed by atoms with Crippen molar-refractivity contribution in [2.75, 3.05) is 11.5 Å². The van der Waals surface area contributed by atoms with Crippen LogP contribution in [0.5, 0.6) is 5.75 Å². The fourth-order valence-electron chi connectivity index (χ4n) is 8.47. The van der Waals surface area contributed by atoms with Gasteiger partial charge in [0.05, 0.1) is 35.0 Å². The fraction of sp³-hybridized carbons (Fsp3) is 0.146. The largest absolute Gasteiger partial charge is 0.494 e. The van der Waals surface area contributed by atoms with Gasteiger partial charge in [0.2, 0.25) is 11.8 Å². The van der Waals surface area contributed by atoms with Gasteiger partial charge in [0, 0.05) is 10.0 Å². The minimum atomic E-state index is -1.52. The van der Waals surface area contributed by atoms with Crippen LogP contribution >= 0.6 is 23.2 Å². The maximum atomic E-state index is 16.0. The second-order valence-electron chi connectivity index (χ2n) is 12.3. The molecule has 5 aromatic rings. The molecule has 5 aromatic carbocycles. The third kappa shape index (κ3) is 4.01. The lowest BCUT2D eigenvalue weighted by Crippen LogP contribution is -2.45. The maximum absolute atomic E-state index is 16.0. The minimum absolute atomic E-state index is 0.208. The summed E-state index contributed by atoms with van der Waals surface area (Å²) in [5.41, 5.74) is 1.64. The second kappa shape index (κ2) is 11.3. The molecule has 2 bridgehead atoms. The van der Waals surface area contributed by atoms with Crippen LogP contribution in [0.25, 0.3) is 11.1 Å². The number of carbonyl (C=O) groups is 3. The van der Waals surface area contributed by atoms with Crippen molar-refractivity contribution in [1.29, 1.82) is 0 Å². The number of amides is 2. The predicted molar refractivity (Wildman–Crippen MR) is 188 cm³/mol. The summed E-state index contributed by atoms with van der Waals surface area (Å²) in [6.07, 6.45) is 0. The molecule has 0 radical (unpaired) electrons. The molecule has 7 heteroatoms. The Balaban J connectivity index is 1.51. The lowest BCUT2D eigenvalue weighted by atomic mass is 9.59. The van der Waals surface area contributed by atoms with Crippen LogP contribution in [-0.2, 0) is 25.2 Å². The first kappa shape index (κ1) is 30.4. The molecule has 0 aromatic heterocycles. The van der Waals surface area contributed by atoms with Crippen LogP contribution in [0.15, 0.2) is 133 Å². The number of allylic oxidation sites excluding steroid dienone is 2. The van der Waals surface area contributed by atoms with Gasteiger partial charge >= 0.3 is 0 Å². The summed E-state index contributed by atoms with van der Waals surface area (Å²) in [4.78, 5) is 47.4. The van der Waals surface area contributed by atoms with Crippen LogP contribution in [0, 0.1) is 11.8 Å². The van der Waals surface area contributed by atoms with Crippen LogP contribution in [-0.4, -0.2) is 24.2 Å². The lowest BCUT2D eigenvalue weighted by Gasteiger charge is -2.39. The molecule has 0 unspecified atom stereocenters. The van der Waals surface area contributed by atoms with Crippen molar-refractivity contribution in [3.8, 4) is 5.75 Å². The van der Waals surface area contributed by atoms with Gasteiger partial charge in [0.1, 0.15) is 5.75 Å². The summed E-state index contributed by atoms with van der Waals surface area (Å²) >= 11 is 12.8. The van der Waals surface area contributed by atoms with E-state index < -0.39 is 34.5 Å². The third-order valence-corrected chi connectivity index (χ3v) is 10.6. The number of rotatable bonds is 7. The number of imide groups is 1. The monoisotopic (exact) mass is 669 g/mol. The zero-order valence-corrected chi connectivity index (χ0v) is 27.4. The molecule has 1 heterocycles. The first-order chi connectivity index (χ1) is 23.3. The van der Waals surface area contributed by atoms with Crippen LogP contribution in [0.2, 0.25) is 10.0 Å². The Hall–Kier alpha value is -4.97. The highest BCUT2D eigenvalue weighted by atomic mass is 35.5. The van der Waals surface area contributed by atoms with Crippen molar-refractivity contribution in [2.45, 2.75) is 17.8 Å². The highest BCUT2D eigenvalue weighted by Gasteiger charge is 2.82. The van der Waals surface area contributed by atoms with Crippen molar-refractivity contribution < 1.29 is 19.1 Å². The van der Waals surface area contributed by atoms with Gasteiger partial charge in [0.15, 0.2) is 5.78 Å². The van der Waals surface area contributed by atoms with Gasteiger partial charge in [-0.05, 0) is 88.9 Å². The number of nitrogens with zero attached hydrogens (tertiary/aromatic N) is 1. The van der Waals surface area contributed by atoms with Crippen LogP contribution < -0.4 is 9.64 Å². The standard InChI is InChI=1S/C41H29Cl2NO4/c1-2-48-32-23-21-31(22-24-32)44-37(45)35-36(38(44)46)41(28-15-19-30(43)20-16-28)34(26-11-7-4-8-12-26)33(25-9-5-3-6-10-25)40(35,39(41)47)27-13-17-29(42)18-14-27/h3-24,35-36H,2H2,1H3/t35-,36-,40-,41-/m0/s1. The van der Waals surface area contributed by atoms with E-state index in [4.69, 9.17) is 27.9 Å². The average molecular weight is 671 g/mol. The van der Waals surface area contributed by atoms with Gasteiger partial charge in [-0.15, -0.1) is 0 Å². The summed E-state index contributed by atoms with van der Waals surface area (Å²) in [6.45, 7) is 2.38. The Morgan fingerprint density at radius 3 is 1.40 bits per heavy atom. The molecular weight excluding hydrogens is 641 g/mol. The van der Waals surface area contributed by atoms with E-state index in [1.807, 2.05) is 91.9 Å². The lowest BCUT2D eigenvalue weighted by molar-refractivity contribution is -0.130. The number of Topliss-reactive ketones (excluding diaryl/α,β-unsaturated/α-hetero) is 1. The van der Waals surface area contributed by atoms with E-state index in [1.54, 1.807) is 48.5 Å². The number of ketones is 1. The van der Waals surface area contributed by atoms with E-state index in [9.17, 15) is 0 Å². The maximum Gasteiger partial charge on any atom is 0.239 e. The normalized spacial score (nSPS) is 24.4. The van der Waals surface area contributed by atoms with Gasteiger partial charge in [-0.3, -0.25) is 14.4 Å². The Morgan fingerprint density at radius 1 is 0.583 bits per heavy atom. The Morgan fingerprint density at radius 2 is 1.00 bits per heavy atom. The molecule has 5 nitrogen and oxygen atoms in total. The van der Waals surface area contributed by atoms with E-state index in [1.165, 1.54) is 4.90 Å². The van der Waals surface area contributed by atoms with Crippen molar-refractivity contribution >= 4 is 57.6 Å². The number of fused-ring (bicyclic) bond motifs is 5. The first-order valence-electron chi connectivity index (χ1n) is 15.9. The summed E-state index contributed by atoms with van der Waals surface area (Å²) < 4.78 is 5.64. The SMILES string of the molecule is CCOc1ccc(N2C(=O)[C@@H]3[C@@H](C2=O)[C@@]2(c4ccc(Cl)cc4)C(=O)[C@@]3(c3ccc(Cl)cc3)C(c3ccccc3)=C2c2ccccc2)cc1. The number of carbonyl (C=O) groups excluding carboxylic acids is 3. The molecule has 1 saturated carbocycles. The molecule has 2 fully saturated rings. The molecular formula is C41H29Cl2NO4. The van der Waals surface area contributed by atoms with E-state index in [2.05, 4.69) is 0 Å². The van der Waals surface area contributed by atoms with Crippen molar-refractivity contribution in [3.63, 3.8) is 0 Å². The van der Waals surface area contributed by atoms with Gasteiger partial charge in [0.25, 0.3) is 0 Å². The van der Waals surface area contributed by atoms with Gasteiger partial charge < -0.3 is 4.74 Å². The van der Waals surface area contributed by atoms with Crippen molar-refractivity contribution in [3.05, 3.63) is 166 Å². The Kier molecular flexibility index (Phi) is 7.17. The summed E-state index contributed by atoms with van der Waals surface area (Å²) in [7, 11) is 0. The molecule has 8 rings (SSSR count). The van der Waals surface area contributed by atoms with Gasteiger partial charge in [-0.25, -0.2) is 4.90 Å². The number of halogens is 2. The smallest absolute Gasteiger partial charge is 0.239 e. The van der Waals surface area contributed by atoms with Crippen LogP contribution in [0.4, 0.5) is 5.69 Å². The molecule has 48 heavy (non-hydrogen) atoms. The third-order valence-electron chi connectivity index (χ3n) is 10.1. The highest BCUT2D eigenvalue weighted by molar-refractivity contribution is 6.39. The van der Waals surface area contributed by atoms with E-state index >= 15 is 14.4 Å². The molecule has 0 N–H and O–H groups in total. The van der Waals surface area contributed by atoms with Gasteiger partial charge in [-0.1, -0.05) is 108 Å². The van der Waals surface area contributed by atoms with Crippen molar-refractivity contribution in [2.24, 2.45) is 11.8 Å². The minimum Gasteiger partial charge on any atom is -0.494 e. The van der Waals surface area contributed by atoms with Crippen molar-refractivity contribution in [1.82, 2.24) is 0 Å². The quantitative estimate of drug-likeness (QED) is 0.163. The molecule has 1 aliphatic heterocycles. The zero-order valence-electron chi connectivity index (χ0n) is 25.9. The predicted octanol–water partition coefficient (Wildman–Crippen LogP) is 8.58. The first-order valence-corrected chi connectivity index (χ1v) is 16.6. The number of anilines is 1. The molecule has 3 aliphatic rings. The molecule has 236 valence electrons. The molecule has 4 atom stereocenters. The number of benzene rings is 5. The zero-order chi connectivity index (χ0) is 33.2.